The van der Waals surface area contributed by atoms with Gasteiger partial charge in [-0.2, -0.15) is 0 Å². The van der Waals surface area contributed by atoms with Crippen molar-refractivity contribution in [2.75, 3.05) is 43.6 Å². The molecule has 1 aliphatic rings. The number of nitrogens with one attached hydrogen (secondary N) is 1. The summed E-state index contributed by atoms with van der Waals surface area (Å²) in [6, 6.07) is 9.74. The summed E-state index contributed by atoms with van der Waals surface area (Å²) < 4.78 is 24.0. The molecule has 3 rings (SSSR count). The van der Waals surface area contributed by atoms with E-state index in [1.807, 2.05) is 0 Å². The van der Waals surface area contributed by atoms with E-state index in [1.165, 1.54) is 30.3 Å². The van der Waals surface area contributed by atoms with E-state index in [0.29, 0.717) is 37.7 Å². The maximum absolute atomic E-state index is 13.0. The van der Waals surface area contributed by atoms with Crippen molar-refractivity contribution in [3.8, 4) is 0 Å². The van der Waals surface area contributed by atoms with Gasteiger partial charge in [0.25, 0.3) is 5.91 Å². The average Bonchev–Trinajstić information content (AvgIpc) is 2.69. The quantitative estimate of drug-likeness (QED) is 0.791. The van der Waals surface area contributed by atoms with E-state index in [0.717, 1.165) is 0 Å². The molecule has 1 saturated heterocycles. The lowest BCUT2D eigenvalue weighted by atomic mass is 10.1. The molecule has 2 aromatic carbocycles. The Kier molecular flexibility index (Phi) is 6.23. The molecule has 1 amide bonds. The van der Waals surface area contributed by atoms with Crippen LogP contribution in [0.4, 0.5) is 15.8 Å². The second-order valence-electron chi connectivity index (χ2n) is 6.45. The summed E-state index contributed by atoms with van der Waals surface area (Å²) in [5.41, 5.74) is 1.16. The number of rotatable bonds is 6. The molecule has 1 fully saturated rings. The summed E-state index contributed by atoms with van der Waals surface area (Å²) in [7, 11) is 1.77. The van der Waals surface area contributed by atoms with Gasteiger partial charge >= 0.3 is 5.97 Å². The zero-order valence-corrected chi connectivity index (χ0v) is 15.4. The third kappa shape index (κ3) is 4.85. The van der Waals surface area contributed by atoms with Crippen LogP contribution in [0.25, 0.3) is 0 Å². The van der Waals surface area contributed by atoms with Crippen LogP contribution in [-0.2, 0) is 9.47 Å². The molecule has 0 radical (unpaired) electrons. The first kappa shape index (κ1) is 19.8. The number of benzene rings is 2. The molecule has 28 heavy (non-hydrogen) atoms. The highest BCUT2D eigenvalue weighted by Crippen LogP contribution is 2.25. The second kappa shape index (κ2) is 8.81. The highest BCUT2D eigenvalue weighted by molar-refractivity contribution is 6.05. The lowest BCUT2D eigenvalue weighted by Crippen LogP contribution is -2.38. The molecule has 7 nitrogen and oxygen atoms in total. The fourth-order valence-corrected chi connectivity index (χ4v) is 2.97. The Balaban J connectivity index is 1.75. The number of hydrogen-bond donors (Lipinski definition) is 2. The minimum atomic E-state index is -1.11. The molecule has 2 aromatic rings. The Hall–Kier alpha value is -2.97. The maximum atomic E-state index is 13.0. The number of likely N-dealkylation sites (N-methyl/N-ethyl adjacent to an activating group) is 1. The third-order valence-corrected chi connectivity index (χ3v) is 4.36. The van der Waals surface area contributed by atoms with Crippen molar-refractivity contribution in [1.29, 1.82) is 0 Å². The predicted molar refractivity (Wildman–Crippen MR) is 102 cm³/mol. The van der Waals surface area contributed by atoms with Crippen molar-refractivity contribution in [3.05, 3.63) is 59.4 Å². The van der Waals surface area contributed by atoms with Crippen molar-refractivity contribution in [3.63, 3.8) is 0 Å². The van der Waals surface area contributed by atoms with Gasteiger partial charge in [0.05, 0.1) is 37.2 Å². The second-order valence-corrected chi connectivity index (χ2v) is 6.45. The normalized spacial score (nSPS) is 16.4. The Morgan fingerprint density at radius 1 is 1.21 bits per heavy atom. The van der Waals surface area contributed by atoms with Crippen LogP contribution in [0, 0.1) is 5.82 Å². The predicted octanol–water partition coefficient (Wildman–Crippen LogP) is 2.63. The number of carbonyl (C=O) groups excluding carboxylic acids is 1. The zero-order chi connectivity index (χ0) is 20.1. The average molecular weight is 388 g/mol. The molecule has 148 valence electrons. The number of halogens is 1. The lowest BCUT2D eigenvalue weighted by molar-refractivity contribution is -0.0837. The van der Waals surface area contributed by atoms with Gasteiger partial charge in [0.2, 0.25) is 0 Å². The van der Waals surface area contributed by atoms with Crippen molar-refractivity contribution in [2.45, 2.75) is 6.10 Å². The van der Waals surface area contributed by atoms with E-state index < -0.39 is 17.7 Å². The van der Waals surface area contributed by atoms with Gasteiger partial charge < -0.3 is 24.8 Å². The van der Waals surface area contributed by atoms with Crippen molar-refractivity contribution < 1.29 is 28.6 Å². The van der Waals surface area contributed by atoms with E-state index in [4.69, 9.17) is 9.47 Å². The van der Waals surface area contributed by atoms with Crippen LogP contribution in [0.1, 0.15) is 20.7 Å². The first-order chi connectivity index (χ1) is 13.4. The Labute approximate surface area is 161 Å². The number of aromatic carboxylic acids is 1. The first-order valence-corrected chi connectivity index (χ1v) is 8.79. The molecule has 0 saturated carbocycles. The van der Waals surface area contributed by atoms with E-state index >= 15 is 0 Å². The standard InChI is InChI=1S/C20H21FN2O5/c1-23(11-16-12-27-8-9-28-16)18-7-6-15(10-17(18)20(25)26)22-19(24)13-2-4-14(21)5-3-13/h2-7,10,16H,8-9,11-12H2,1H3,(H,22,24)(H,25,26)/t16-/m1/s1. The number of carbonyl (C=O) groups is 2. The van der Waals surface area contributed by atoms with Crippen LogP contribution in [0.5, 0.6) is 0 Å². The largest absolute Gasteiger partial charge is 0.478 e. The molecule has 0 unspecified atom stereocenters. The maximum Gasteiger partial charge on any atom is 0.337 e. The molecule has 1 aliphatic heterocycles. The molecule has 1 atom stereocenters. The molecule has 0 aliphatic carbocycles. The van der Waals surface area contributed by atoms with Gasteiger partial charge in [-0.3, -0.25) is 4.79 Å². The van der Waals surface area contributed by atoms with E-state index in [2.05, 4.69) is 5.32 Å². The Bertz CT molecular complexity index is 850. The van der Waals surface area contributed by atoms with Crippen LogP contribution in [0.15, 0.2) is 42.5 Å². The van der Waals surface area contributed by atoms with Gasteiger partial charge in [-0.1, -0.05) is 0 Å². The van der Waals surface area contributed by atoms with Crippen molar-refractivity contribution in [2.24, 2.45) is 0 Å². The van der Waals surface area contributed by atoms with Gasteiger partial charge in [0.1, 0.15) is 5.82 Å². The van der Waals surface area contributed by atoms with E-state index in [-0.39, 0.29) is 17.2 Å². The third-order valence-electron chi connectivity index (χ3n) is 4.36. The SMILES string of the molecule is CN(C[C@@H]1COCCO1)c1ccc(NC(=O)c2ccc(F)cc2)cc1C(=O)O. The highest BCUT2D eigenvalue weighted by atomic mass is 19.1. The topological polar surface area (TPSA) is 88.1 Å². The lowest BCUT2D eigenvalue weighted by Gasteiger charge is -2.29. The van der Waals surface area contributed by atoms with Crippen LogP contribution in [0.2, 0.25) is 0 Å². The molecule has 1 heterocycles. The minimum absolute atomic E-state index is 0.0520. The van der Waals surface area contributed by atoms with Gasteiger partial charge in [-0.15, -0.1) is 0 Å². The fraction of sp³-hybridized carbons (Fsp3) is 0.300. The smallest absolute Gasteiger partial charge is 0.337 e. The molecule has 0 bridgehead atoms. The number of hydrogen-bond acceptors (Lipinski definition) is 5. The van der Waals surface area contributed by atoms with Crippen LogP contribution in [-0.4, -0.2) is 56.5 Å². The number of nitrogens with zero attached hydrogens (tertiary/aromatic N) is 1. The van der Waals surface area contributed by atoms with E-state index in [1.54, 1.807) is 24.1 Å². The summed E-state index contributed by atoms with van der Waals surface area (Å²) >= 11 is 0. The van der Waals surface area contributed by atoms with Crippen LogP contribution >= 0.6 is 0 Å². The first-order valence-electron chi connectivity index (χ1n) is 8.79. The highest BCUT2D eigenvalue weighted by Gasteiger charge is 2.20. The number of carboxylic acids is 1. The minimum Gasteiger partial charge on any atom is -0.478 e. The van der Waals surface area contributed by atoms with Gasteiger partial charge in [0, 0.05) is 24.8 Å². The number of carboxylic acid groups (broad SMARTS) is 1. The summed E-state index contributed by atoms with van der Waals surface area (Å²) in [5.74, 6) is -2.00. The number of amides is 1. The van der Waals surface area contributed by atoms with Crippen LogP contribution < -0.4 is 10.2 Å². The molecular weight excluding hydrogens is 367 g/mol. The van der Waals surface area contributed by atoms with Crippen LogP contribution in [0.3, 0.4) is 0 Å². The molecule has 2 N–H and O–H groups in total. The fourth-order valence-electron chi connectivity index (χ4n) is 2.97. The van der Waals surface area contributed by atoms with Crippen molar-refractivity contribution in [1.82, 2.24) is 0 Å². The number of ether oxygens (including phenoxy) is 2. The van der Waals surface area contributed by atoms with E-state index in [9.17, 15) is 19.1 Å². The summed E-state index contributed by atoms with van der Waals surface area (Å²) in [6.07, 6.45) is -0.141. The number of anilines is 2. The summed E-state index contributed by atoms with van der Waals surface area (Å²) in [6.45, 7) is 2.00. The monoisotopic (exact) mass is 388 g/mol. The Morgan fingerprint density at radius 3 is 2.61 bits per heavy atom. The van der Waals surface area contributed by atoms with Crippen molar-refractivity contribution >= 4 is 23.3 Å². The molecule has 0 spiro atoms. The summed E-state index contributed by atoms with van der Waals surface area (Å²) in [5, 5.41) is 12.2. The molecule has 0 aromatic heterocycles. The Morgan fingerprint density at radius 2 is 1.96 bits per heavy atom. The van der Waals surface area contributed by atoms with Gasteiger partial charge in [-0.25, -0.2) is 9.18 Å². The van der Waals surface area contributed by atoms with Gasteiger partial charge in [-0.05, 0) is 42.5 Å². The summed E-state index contributed by atoms with van der Waals surface area (Å²) in [4.78, 5) is 25.8. The zero-order valence-electron chi connectivity index (χ0n) is 15.4. The molecular formula is C20H21FN2O5. The van der Waals surface area contributed by atoms with Gasteiger partial charge in [0.15, 0.2) is 0 Å². The molecule has 8 heteroatoms.